The lowest BCUT2D eigenvalue weighted by molar-refractivity contribution is -0.116. The Bertz CT molecular complexity index is 892. The molecule has 3 rings (SSSR count). The van der Waals surface area contributed by atoms with E-state index in [2.05, 4.69) is 10.0 Å². The molecule has 2 aliphatic heterocycles. The van der Waals surface area contributed by atoms with E-state index in [1.807, 2.05) is 0 Å². The Morgan fingerprint density at radius 1 is 1.35 bits per heavy atom. The Labute approximate surface area is 135 Å². The number of sulfonamides is 1. The number of benzene rings is 1. The van der Waals surface area contributed by atoms with E-state index >= 15 is 0 Å². The molecule has 1 aromatic rings. The first kappa shape index (κ1) is 16.4. The molecule has 126 valence electrons. The van der Waals surface area contributed by atoms with Gasteiger partial charge in [0.25, 0.3) is 0 Å². The van der Waals surface area contributed by atoms with Crippen LogP contribution in [-0.2, 0) is 24.7 Å². The second kappa shape index (κ2) is 5.02. The summed E-state index contributed by atoms with van der Waals surface area (Å²) in [7, 11) is -7.08. The molecule has 0 radical (unpaired) electrons. The Morgan fingerprint density at radius 3 is 2.65 bits per heavy atom. The van der Waals surface area contributed by atoms with Crippen molar-refractivity contribution in [2.75, 3.05) is 16.8 Å². The molecule has 0 saturated carbocycles. The van der Waals surface area contributed by atoms with Gasteiger partial charge in [-0.2, -0.15) is 0 Å². The van der Waals surface area contributed by atoms with Gasteiger partial charge >= 0.3 is 0 Å². The number of rotatable bonds is 3. The Balaban J connectivity index is 1.91. The van der Waals surface area contributed by atoms with E-state index in [4.69, 9.17) is 0 Å². The second-order valence-corrected chi connectivity index (χ2v) is 10.3. The minimum Gasteiger partial charge on any atom is -0.325 e. The first-order chi connectivity index (χ1) is 10.5. The van der Waals surface area contributed by atoms with Gasteiger partial charge in [0.2, 0.25) is 15.9 Å². The third-order valence-electron chi connectivity index (χ3n) is 4.34. The van der Waals surface area contributed by atoms with Crippen molar-refractivity contribution in [3.05, 3.63) is 23.8 Å². The third-order valence-corrected chi connectivity index (χ3v) is 7.87. The highest BCUT2D eigenvalue weighted by molar-refractivity contribution is 7.92. The molecule has 0 aliphatic carbocycles. The minimum absolute atomic E-state index is 0.0222. The van der Waals surface area contributed by atoms with Crippen molar-refractivity contribution in [3.63, 3.8) is 0 Å². The molecule has 1 fully saturated rings. The number of hydrogen-bond donors (Lipinski definition) is 2. The highest BCUT2D eigenvalue weighted by Crippen LogP contribution is 2.34. The Hall–Kier alpha value is -1.45. The normalized spacial score (nSPS) is 29.3. The molecule has 0 aromatic heterocycles. The van der Waals surface area contributed by atoms with E-state index in [9.17, 15) is 21.6 Å². The van der Waals surface area contributed by atoms with Gasteiger partial charge < -0.3 is 5.32 Å². The lowest BCUT2D eigenvalue weighted by Gasteiger charge is -2.23. The van der Waals surface area contributed by atoms with E-state index in [1.165, 1.54) is 12.1 Å². The number of sulfone groups is 1. The zero-order valence-electron chi connectivity index (χ0n) is 12.8. The number of hydrogen-bond acceptors (Lipinski definition) is 5. The van der Waals surface area contributed by atoms with Crippen molar-refractivity contribution in [2.24, 2.45) is 0 Å². The van der Waals surface area contributed by atoms with Gasteiger partial charge in [-0.1, -0.05) is 0 Å². The molecule has 23 heavy (non-hydrogen) atoms. The Kier molecular flexibility index (Phi) is 3.58. The average molecular weight is 358 g/mol. The first-order valence-corrected chi connectivity index (χ1v) is 10.5. The average Bonchev–Trinajstić information content (AvgIpc) is 2.85. The van der Waals surface area contributed by atoms with Crippen LogP contribution in [0.4, 0.5) is 5.69 Å². The van der Waals surface area contributed by atoms with Crippen LogP contribution in [-0.4, -0.2) is 39.8 Å². The quantitative estimate of drug-likeness (QED) is 0.822. The van der Waals surface area contributed by atoms with Gasteiger partial charge in [-0.3, -0.25) is 4.79 Å². The fraction of sp³-hybridized carbons (Fsp3) is 0.500. The molecule has 1 aromatic carbocycles. The maximum atomic E-state index is 12.6. The summed E-state index contributed by atoms with van der Waals surface area (Å²) in [5.74, 6) is -0.814. The van der Waals surface area contributed by atoms with E-state index in [1.54, 1.807) is 19.9 Å². The van der Waals surface area contributed by atoms with Crippen LogP contribution in [0.5, 0.6) is 0 Å². The lowest BCUT2D eigenvalue weighted by Crippen LogP contribution is -2.46. The lowest BCUT2D eigenvalue weighted by atomic mass is 10.0. The summed E-state index contributed by atoms with van der Waals surface area (Å²) in [6.45, 7) is 3.30. The van der Waals surface area contributed by atoms with Crippen LogP contribution in [0.2, 0.25) is 0 Å². The predicted molar refractivity (Wildman–Crippen MR) is 85.5 cm³/mol. The Morgan fingerprint density at radius 2 is 2.04 bits per heavy atom. The summed E-state index contributed by atoms with van der Waals surface area (Å²) in [6, 6.07) is 4.43. The molecule has 9 heteroatoms. The maximum absolute atomic E-state index is 12.6. The second-order valence-electron chi connectivity index (χ2n) is 6.47. The van der Waals surface area contributed by atoms with Crippen LogP contribution in [0, 0.1) is 0 Å². The summed E-state index contributed by atoms with van der Waals surface area (Å²) in [5.41, 5.74) is 0.231. The summed E-state index contributed by atoms with van der Waals surface area (Å²) < 4.78 is 50.9. The van der Waals surface area contributed by atoms with Gasteiger partial charge in [0.1, 0.15) is 0 Å². The van der Waals surface area contributed by atoms with Crippen LogP contribution in [0.1, 0.15) is 31.7 Å². The van der Waals surface area contributed by atoms with Crippen molar-refractivity contribution >= 4 is 31.5 Å². The monoisotopic (exact) mass is 358 g/mol. The number of nitrogens with one attached hydrogen (secondary N) is 2. The summed E-state index contributed by atoms with van der Waals surface area (Å²) in [5, 5.41) is 2.68. The van der Waals surface area contributed by atoms with Crippen LogP contribution < -0.4 is 10.0 Å². The molecule has 0 spiro atoms. The standard InChI is InChI=1S/C14H18N2O5S2/c1-9-11-7-10(3-4-12(11)15-13(9)17)23(20,21)16-14(2)5-6-22(18,19)8-14/h3-4,7,9,16H,5-6,8H2,1-2H3,(H,15,17)/t9-,14-/m1/s1. The van der Waals surface area contributed by atoms with Crippen molar-refractivity contribution < 1.29 is 21.6 Å². The van der Waals surface area contributed by atoms with Gasteiger partial charge in [-0.05, 0) is 44.0 Å². The van der Waals surface area contributed by atoms with Crippen LogP contribution >= 0.6 is 0 Å². The molecule has 0 unspecified atom stereocenters. The summed E-state index contributed by atoms with van der Waals surface area (Å²) >= 11 is 0. The van der Waals surface area contributed by atoms with Gasteiger partial charge in [-0.25, -0.2) is 21.6 Å². The smallest absolute Gasteiger partial charge is 0.241 e. The number of fused-ring (bicyclic) bond motifs is 1. The zero-order valence-corrected chi connectivity index (χ0v) is 14.4. The van der Waals surface area contributed by atoms with Gasteiger partial charge in [0, 0.05) is 11.2 Å². The van der Waals surface area contributed by atoms with E-state index < -0.39 is 31.3 Å². The molecule has 2 heterocycles. The topological polar surface area (TPSA) is 109 Å². The molecule has 1 saturated heterocycles. The maximum Gasteiger partial charge on any atom is 0.241 e. The van der Waals surface area contributed by atoms with Gasteiger partial charge in [0.05, 0.1) is 22.3 Å². The number of carbonyl (C=O) groups excluding carboxylic acids is 1. The van der Waals surface area contributed by atoms with E-state index in [0.717, 1.165) is 0 Å². The van der Waals surface area contributed by atoms with Crippen molar-refractivity contribution in [3.8, 4) is 0 Å². The van der Waals surface area contributed by atoms with E-state index in [-0.39, 0.29) is 28.7 Å². The van der Waals surface area contributed by atoms with Crippen LogP contribution in [0.3, 0.4) is 0 Å². The molecule has 2 N–H and O–H groups in total. The third kappa shape index (κ3) is 3.00. The molecule has 2 atom stereocenters. The number of amides is 1. The van der Waals surface area contributed by atoms with E-state index in [0.29, 0.717) is 11.3 Å². The molecule has 2 aliphatic rings. The summed E-state index contributed by atoms with van der Waals surface area (Å²) in [4.78, 5) is 11.7. The predicted octanol–water partition coefficient (Wildman–Crippen LogP) is 0.598. The van der Waals surface area contributed by atoms with Crippen molar-refractivity contribution in [1.29, 1.82) is 0 Å². The fourth-order valence-electron chi connectivity index (χ4n) is 3.04. The van der Waals surface area contributed by atoms with Crippen LogP contribution in [0.15, 0.2) is 23.1 Å². The SMILES string of the molecule is C[C@H]1C(=O)Nc2ccc(S(=O)(=O)N[C@]3(C)CCS(=O)(=O)C3)cc21. The summed E-state index contributed by atoms with van der Waals surface area (Å²) in [6.07, 6.45) is 0.246. The highest BCUT2D eigenvalue weighted by atomic mass is 32.2. The zero-order chi connectivity index (χ0) is 17.0. The highest BCUT2D eigenvalue weighted by Gasteiger charge is 2.41. The van der Waals surface area contributed by atoms with Gasteiger partial charge in [-0.15, -0.1) is 0 Å². The number of carbonyl (C=O) groups is 1. The van der Waals surface area contributed by atoms with Crippen molar-refractivity contribution in [1.82, 2.24) is 4.72 Å². The fourth-order valence-corrected chi connectivity index (χ4v) is 6.69. The molecule has 7 nitrogen and oxygen atoms in total. The molecule has 0 bridgehead atoms. The first-order valence-electron chi connectivity index (χ1n) is 7.21. The largest absolute Gasteiger partial charge is 0.325 e. The molecular formula is C14H18N2O5S2. The minimum atomic E-state index is -3.87. The van der Waals surface area contributed by atoms with Gasteiger partial charge in [0.15, 0.2) is 9.84 Å². The molecule has 1 amide bonds. The van der Waals surface area contributed by atoms with Crippen molar-refractivity contribution in [2.45, 2.75) is 36.6 Å². The van der Waals surface area contributed by atoms with Crippen LogP contribution in [0.25, 0.3) is 0 Å². The number of anilines is 1. The molecular weight excluding hydrogens is 340 g/mol.